The summed E-state index contributed by atoms with van der Waals surface area (Å²) in [5.41, 5.74) is 11.7. The van der Waals surface area contributed by atoms with Crippen LogP contribution < -0.4 is 43.4 Å². The van der Waals surface area contributed by atoms with Gasteiger partial charge in [-0.05, 0) is 61.8 Å². The smallest absolute Gasteiger partial charge is 0.326 e. The molecule has 0 saturated heterocycles. The number of carboxylic acid groups (broad SMARTS) is 1. The van der Waals surface area contributed by atoms with Gasteiger partial charge >= 0.3 is 5.97 Å². The maximum Gasteiger partial charge on any atom is 0.326 e. The van der Waals surface area contributed by atoms with Gasteiger partial charge in [0.1, 0.15) is 29.9 Å². The molecule has 0 radical (unpaired) electrons. The normalized spacial score (nSPS) is 14.0. The van der Waals surface area contributed by atoms with Crippen LogP contribution in [0.15, 0.2) is 24.3 Å². The summed E-state index contributed by atoms with van der Waals surface area (Å²) in [6.07, 6.45) is 1.16. The second kappa shape index (κ2) is 22.8. The van der Waals surface area contributed by atoms with Crippen molar-refractivity contribution in [3.63, 3.8) is 0 Å². The van der Waals surface area contributed by atoms with E-state index in [1.165, 1.54) is 24.3 Å². The van der Waals surface area contributed by atoms with Gasteiger partial charge in [-0.3, -0.25) is 28.8 Å². The summed E-state index contributed by atoms with van der Waals surface area (Å²) in [6.45, 7) is 5.48. The molecule has 0 bridgehead atoms. The highest BCUT2D eigenvalue weighted by Gasteiger charge is 2.31. The third-order valence-electron chi connectivity index (χ3n) is 7.63. The number of rotatable bonds is 23. The van der Waals surface area contributed by atoms with E-state index < -0.39 is 91.3 Å². The molecule has 0 aromatic heterocycles. The number of aromatic hydroxyl groups is 1. The molecule has 0 aliphatic carbocycles. The number of nitrogens with one attached hydrogen (secondary N) is 6. The van der Waals surface area contributed by atoms with Gasteiger partial charge in [0.15, 0.2) is 0 Å². The number of aliphatic hydroxyl groups excluding tert-OH is 1. The molecule has 51 heavy (non-hydrogen) atoms. The first-order valence-corrected chi connectivity index (χ1v) is 16.8. The molecule has 286 valence electrons. The van der Waals surface area contributed by atoms with Gasteiger partial charge in [-0.25, -0.2) is 4.79 Å². The fraction of sp³-hybridized carbons (Fsp3) is 0.606. The van der Waals surface area contributed by atoms with Crippen LogP contribution in [0.5, 0.6) is 5.75 Å². The van der Waals surface area contributed by atoms with Gasteiger partial charge in [0.25, 0.3) is 0 Å². The quantitative estimate of drug-likeness (QED) is 0.0516. The largest absolute Gasteiger partial charge is 0.508 e. The summed E-state index contributed by atoms with van der Waals surface area (Å²) in [6, 6.07) is -0.346. The maximum absolute atomic E-state index is 13.5. The van der Waals surface area contributed by atoms with Crippen molar-refractivity contribution >= 4 is 41.4 Å². The summed E-state index contributed by atoms with van der Waals surface area (Å²) in [5.74, 6) is -6.21. The van der Waals surface area contributed by atoms with Gasteiger partial charge < -0.3 is 58.7 Å². The van der Waals surface area contributed by atoms with Crippen LogP contribution in [0.1, 0.15) is 58.9 Å². The lowest BCUT2D eigenvalue weighted by Crippen LogP contribution is -2.59. The number of carbonyl (C=O) groups is 7. The molecule has 0 aliphatic heterocycles. The molecule has 1 aromatic rings. The number of phenolic OH excluding ortho intramolecular Hbond substituents is 1. The number of amides is 6. The van der Waals surface area contributed by atoms with Crippen molar-refractivity contribution in [2.24, 2.45) is 23.3 Å². The Labute approximate surface area is 297 Å². The van der Waals surface area contributed by atoms with E-state index in [2.05, 4.69) is 31.9 Å². The van der Waals surface area contributed by atoms with E-state index in [0.717, 1.165) is 0 Å². The van der Waals surface area contributed by atoms with Crippen molar-refractivity contribution in [1.29, 1.82) is 0 Å². The average Bonchev–Trinajstić information content (AvgIpc) is 3.07. The van der Waals surface area contributed by atoms with Crippen LogP contribution in [0.2, 0.25) is 0 Å². The van der Waals surface area contributed by atoms with Gasteiger partial charge in [-0.15, -0.1) is 0 Å². The Kier molecular flexibility index (Phi) is 19.8. The minimum absolute atomic E-state index is 0.0452. The summed E-state index contributed by atoms with van der Waals surface area (Å²) in [7, 11) is 0. The first-order chi connectivity index (χ1) is 24.0. The number of nitrogens with two attached hydrogens (primary N) is 2. The zero-order chi connectivity index (χ0) is 38.7. The number of unbranched alkanes of at least 4 members (excludes halogenated alkanes) is 1. The zero-order valence-corrected chi connectivity index (χ0v) is 29.6. The molecule has 0 spiro atoms. The molecular weight excluding hydrogens is 668 g/mol. The number of hydrogen-bond donors (Lipinski definition) is 11. The zero-order valence-electron chi connectivity index (χ0n) is 29.6. The van der Waals surface area contributed by atoms with Crippen LogP contribution in [0.25, 0.3) is 0 Å². The fourth-order valence-corrected chi connectivity index (χ4v) is 4.64. The number of aliphatic carboxylic acids is 1. The van der Waals surface area contributed by atoms with Crippen LogP contribution >= 0.6 is 0 Å². The lowest BCUT2D eigenvalue weighted by atomic mass is 10.0. The molecule has 0 fully saturated rings. The highest BCUT2D eigenvalue weighted by Crippen LogP contribution is 2.13. The molecule has 0 unspecified atom stereocenters. The van der Waals surface area contributed by atoms with E-state index in [-0.39, 0.29) is 36.8 Å². The fourth-order valence-electron chi connectivity index (χ4n) is 4.64. The lowest BCUT2D eigenvalue weighted by molar-refractivity contribution is -0.142. The summed E-state index contributed by atoms with van der Waals surface area (Å²) < 4.78 is 0. The van der Waals surface area contributed by atoms with Gasteiger partial charge in [-0.2, -0.15) is 0 Å². The topological polar surface area (TPSA) is 304 Å². The molecule has 13 N–H and O–H groups in total. The van der Waals surface area contributed by atoms with E-state index in [1.54, 1.807) is 13.8 Å². The standard InChI is InChI=1S/C33H54N8O10/c1-18(2)13-23(39-27(45)16-37-32(49)28(35)19(3)4)30(47)40-24(14-20-8-10-21(43)11-9-20)31(48)41-25(17-42)29(46)36-15-26(44)38-22(33(50)51)7-5-6-12-34/h8-11,18-19,22-25,28,42-43H,5-7,12-17,34-35H2,1-4H3,(H,36,46)(H,37,49)(H,38,44)(H,39,45)(H,40,47)(H,41,48)(H,50,51)/t22-,23-,24-,25-,28-/m0/s1. The minimum Gasteiger partial charge on any atom is -0.508 e. The van der Waals surface area contributed by atoms with E-state index >= 15 is 0 Å². The van der Waals surface area contributed by atoms with Crippen molar-refractivity contribution in [1.82, 2.24) is 31.9 Å². The maximum atomic E-state index is 13.5. The average molecular weight is 723 g/mol. The molecule has 0 heterocycles. The Bertz CT molecular complexity index is 1320. The Balaban J connectivity index is 3.06. The van der Waals surface area contributed by atoms with E-state index in [9.17, 15) is 48.9 Å². The van der Waals surface area contributed by atoms with Crippen LogP contribution in [0.3, 0.4) is 0 Å². The number of carbonyl (C=O) groups excluding carboxylic acids is 6. The lowest BCUT2D eigenvalue weighted by Gasteiger charge is -2.26. The highest BCUT2D eigenvalue weighted by molar-refractivity contribution is 5.96. The number of phenols is 1. The minimum atomic E-state index is -1.57. The number of benzene rings is 1. The van der Waals surface area contributed by atoms with Gasteiger partial charge in [0.05, 0.1) is 25.7 Å². The Morgan fingerprint density at radius 3 is 1.75 bits per heavy atom. The van der Waals surface area contributed by atoms with E-state index in [0.29, 0.717) is 24.9 Å². The van der Waals surface area contributed by atoms with Crippen molar-refractivity contribution in [2.45, 2.75) is 90.0 Å². The predicted molar refractivity (Wildman–Crippen MR) is 185 cm³/mol. The van der Waals surface area contributed by atoms with Crippen molar-refractivity contribution < 1.29 is 48.9 Å². The molecule has 18 heteroatoms. The highest BCUT2D eigenvalue weighted by atomic mass is 16.4. The van der Waals surface area contributed by atoms with E-state index in [1.807, 2.05) is 13.8 Å². The van der Waals surface area contributed by atoms with E-state index in [4.69, 9.17) is 11.5 Å². The predicted octanol–water partition coefficient (Wildman–Crippen LogP) is -2.66. The molecule has 0 saturated carbocycles. The molecule has 0 aliphatic rings. The molecule has 1 rings (SSSR count). The SMILES string of the molecule is CC(C)C[C@H](NC(=O)CNC(=O)[C@@H](N)C(C)C)C(=O)N[C@@H](Cc1ccc(O)cc1)C(=O)N[C@@H](CO)C(=O)NCC(=O)N[C@@H](CCCCN)C(=O)O. The summed E-state index contributed by atoms with van der Waals surface area (Å²) in [5, 5.41) is 43.4. The second-order valence-electron chi connectivity index (χ2n) is 12.9. The molecule has 5 atom stereocenters. The van der Waals surface area contributed by atoms with Crippen LogP contribution in [0.4, 0.5) is 0 Å². The Morgan fingerprint density at radius 1 is 0.706 bits per heavy atom. The number of carboxylic acids is 1. The van der Waals surface area contributed by atoms with Crippen LogP contribution in [0, 0.1) is 11.8 Å². The first-order valence-electron chi connectivity index (χ1n) is 16.8. The molecule has 6 amide bonds. The van der Waals surface area contributed by atoms with Crippen LogP contribution in [-0.2, 0) is 40.0 Å². The van der Waals surface area contributed by atoms with Crippen LogP contribution in [-0.4, -0.2) is 113 Å². The molecule has 1 aromatic carbocycles. The molecule has 18 nitrogen and oxygen atoms in total. The van der Waals surface area contributed by atoms with Gasteiger partial charge in [-0.1, -0.05) is 39.8 Å². The number of hydrogen-bond acceptors (Lipinski definition) is 11. The monoisotopic (exact) mass is 722 g/mol. The van der Waals surface area contributed by atoms with Crippen molar-refractivity contribution in [3.8, 4) is 5.75 Å². The second-order valence-corrected chi connectivity index (χ2v) is 12.9. The van der Waals surface area contributed by atoms with Crippen molar-refractivity contribution in [3.05, 3.63) is 29.8 Å². The summed E-state index contributed by atoms with van der Waals surface area (Å²) in [4.78, 5) is 88.6. The van der Waals surface area contributed by atoms with Crippen molar-refractivity contribution in [2.75, 3.05) is 26.2 Å². The van der Waals surface area contributed by atoms with Gasteiger partial charge in [0, 0.05) is 6.42 Å². The third-order valence-corrected chi connectivity index (χ3v) is 7.63. The first kappa shape index (κ1) is 44.2. The summed E-state index contributed by atoms with van der Waals surface area (Å²) >= 11 is 0. The Morgan fingerprint density at radius 2 is 1.24 bits per heavy atom. The Hall–Kier alpha value is -4.81. The van der Waals surface area contributed by atoms with Gasteiger partial charge in [0.2, 0.25) is 35.4 Å². The molecular formula is C33H54N8O10. The number of aliphatic hydroxyl groups is 1. The third kappa shape index (κ3) is 17.1.